The molecule has 1 aliphatic rings. The minimum absolute atomic E-state index is 0.0195. The van der Waals surface area contributed by atoms with E-state index in [1.54, 1.807) is 18.2 Å². The SMILES string of the molecule is COc1ccc(NC(=O)c2cccc3c2O[C@@H](C)[C@H]3C)cc1S(N)(=O)=O. The van der Waals surface area contributed by atoms with Crippen LogP contribution in [0.1, 0.15) is 35.7 Å². The summed E-state index contributed by atoms with van der Waals surface area (Å²) in [5.74, 6) is 0.462. The second kappa shape index (κ2) is 6.62. The first-order chi connectivity index (χ1) is 12.2. The van der Waals surface area contributed by atoms with E-state index in [0.717, 1.165) is 5.56 Å². The van der Waals surface area contributed by atoms with Gasteiger partial charge in [0.25, 0.3) is 5.91 Å². The summed E-state index contributed by atoms with van der Waals surface area (Å²) in [5, 5.41) is 7.89. The van der Waals surface area contributed by atoms with Crippen molar-refractivity contribution in [3.8, 4) is 11.5 Å². The molecule has 26 heavy (non-hydrogen) atoms. The summed E-state index contributed by atoms with van der Waals surface area (Å²) in [7, 11) is -2.65. The molecule has 2 atom stereocenters. The van der Waals surface area contributed by atoms with Crippen molar-refractivity contribution < 1.29 is 22.7 Å². The van der Waals surface area contributed by atoms with Gasteiger partial charge in [0.2, 0.25) is 10.0 Å². The number of ether oxygens (including phenoxy) is 2. The molecule has 3 rings (SSSR count). The average molecular weight is 376 g/mol. The van der Waals surface area contributed by atoms with Gasteiger partial charge in [-0.05, 0) is 31.2 Å². The lowest BCUT2D eigenvalue weighted by atomic mass is 9.97. The molecule has 0 aromatic heterocycles. The maximum Gasteiger partial charge on any atom is 0.259 e. The minimum atomic E-state index is -3.99. The summed E-state index contributed by atoms with van der Waals surface area (Å²) in [6.45, 7) is 3.99. The Bertz CT molecular complexity index is 972. The number of para-hydroxylation sites is 1. The van der Waals surface area contributed by atoms with Crippen molar-refractivity contribution in [3.63, 3.8) is 0 Å². The van der Waals surface area contributed by atoms with Crippen LogP contribution in [0.25, 0.3) is 0 Å². The van der Waals surface area contributed by atoms with Gasteiger partial charge in [0.15, 0.2) is 0 Å². The average Bonchev–Trinajstić information content (AvgIpc) is 2.88. The van der Waals surface area contributed by atoms with E-state index in [0.29, 0.717) is 11.3 Å². The number of anilines is 1. The second-order valence-electron chi connectivity index (χ2n) is 6.20. The number of nitrogens with one attached hydrogen (secondary N) is 1. The summed E-state index contributed by atoms with van der Waals surface area (Å²) in [5.41, 5.74) is 1.66. The molecule has 0 aliphatic carbocycles. The van der Waals surface area contributed by atoms with Crippen molar-refractivity contribution in [2.75, 3.05) is 12.4 Å². The number of amides is 1. The maximum absolute atomic E-state index is 12.7. The highest BCUT2D eigenvalue weighted by atomic mass is 32.2. The van der Waals surface area contributed by atoms with Crippen molar-refractivity contribution in [2.24, 2.45) is 5.14 Å². The summed E-state index contributed by atoms with van der Waals surface area (Å²) in [6, 6.07) is 9.65. The number of carbonyl (C=O) groups excluding carboxylic acids is 1. The van der Waals surface area contributed by atoms with Crippen molar-refractivity contribution in [1.29, 1.82) is 0 Å². The predicted octanol–water partition coefficient (Wildman–Crippen LogP) is 2.48. The number of sulfonamides is 1. The number of hydrogen-bond acceptors (Lipinski definition) is 5. The fourth-order valence-corrected chi connectivity index (χ4v) is 3.66. The van der Waals surface area contributed by atoms with E-state index in [9.17, 15) is 13.2 Å². The second-order valence-corrected chi connectivity index (χ2v) is 7.73. The Kier molecular flexibility index (Phi) is 4.64. The number of methoxy groups -OCH3 is 1. The van der Waals surface area contributed by atoms with E-state index in [2.05, 4.69) is 5.32 Å². The van der Waals surface area contributed by atoms with Gasteiger partial charge < -0.3 is 14.8 Å². The van der Waals surface area contributed by atoms with Crippen LogP contribution < -0.4 is 19.9 Å². The Morgan fingerprint density at radius 2 is 1.96 bits per heavy atom. The predicted molar refractivity (Wildman–Crippen MR) is 97.3 cm³/mol. The summed E-state index contributed by atoms with van der Waals surface area (Å²) >= 11 is 0. The highest BCUT2D eigenvalue weighted by molar-refractivity contribution is 7.89. The zero-order valence-corrected chi connectivity index (χ0v) is 15.5. The zero-order valence-electron chi connectivity index (χ0n) is 14.6. The molecule has 1 heterocycles. The smallest absolute Gasteiger partial charge is 0.259 e. The van der Waals surface area contributed by atoms with E-state index in [1.165, 1.54) is 19.2 Å². The van der Waals surface area contributed by atoms with Crippen LogP contribution in [0.2, 0.25) is 0 Å². The van der Waals surface area contributed by atoms with Gasteiger partial charge in [0.1, 0.15) is 22.5 Å². The lowest BCUT2D eigenvalue weighted by molar-refractivity contribution is 0.102. The molecule has 2 aromatic carbocycles. The monoisotopic (exact) mass is 376 g/mol. The molecule has 3 N–H and O–H groups in total. The Hall–Kier alpha value is -2.58. The van der Waals surface area contributed by atoms with Crippen LogP contribution in [0.5, 0.6) is 11.5 Å². The number of fused-ring (bicyclic) bond motifs is 1. The largest absolute Gasteiger partial charge is 0.495 e. The van der Waals surface area contributed by atoms with Gasteiger partial charge in [-0.3, -0.25) is 4.79 Å². The highest BCUT2D eigenvalue weighted by Gasteiger charge is 2.31. The van der Waals surface area contributed by atoms with Crippen molar-refractivity contribution in [2.45, 2.75) is 30.8 Å². The van der Waals surface area contributed by atoms with Gasteiger partial charge in [0, 0.05) is 17.2 Å². The van der Waals surface area contributed by atoms with Gasteiger partial charge in [-0.1, -0.05) is 19.1 Å². The number of rotatable bonds is 4. The van der Waals surface area contributed by atoms with Gasteiger partial charge in [-0.2, -0.15) is 0 Å². The van der Waals surface area contributed by atoms with E-state index in [-0.39, 0.29) is 28.4 Å². The molecule has 0 fully saturated rings. The molecule has 0 saturated heterocycles. The van der Waals surface area contributed by atoms with E-state index >= 15 is 0 Å². The first-order valence-corrected chi connectivity index (χ1v) is 9.58. The molecule has 8 heteroatoms. The Balaban J connectivity index is 1.93. The molecule has 1 amide bonds. The van der Waals surface area contributed by atoms with Gasteiger partial charge in [0.05, 0.1) is 12.7 Å². The molecule has 0 saturated carbocycles. The van der Waals surface area contributed by atoms with Crippen LogP contribution in [-0.4, -0.2) is 27.5 Å². The van der Waals surface area contributed by atoms with Crippen LogP contribution in [0.15, 0.2) is 41.3 Å². The van der Waals surface area contributed by atoms with Crippen LogP contribution in [0.3, 0.4) is 0 Å². The standard InChI is InChI=1S/C18H20N2O5S/c1-10-11(2)25-17-13(10)5-4-6-14(17)18(21)20-12-7-8-15(24-3)16(9-12)26(19,22)23/h4-11H,1-3H3,(H,20,21)(H2,19,22,23)/t10-,11+/m1/s1. The minimum Gasteiger partial charge on any atom is -0.495 e. The number of benzene rings is 2. The Morgan fingerprint density at radius 3 is 2.62 bits per heavy atom. The van der Waals surface area contributed by atoms with Gasteiger partial charge >= 0.3 is 0 Å². The molecule has 1 aliphatic heterocycles. The fourth-order valence-electron chi connectivity index (χ4n) is 2.94. The number of nitrogens with two attached hydrogens (primary N) is 1. The quantitative estimate of drug-likeness (QED) is 0.852. The molecule has 2 aromatic rings. The molecular weight excluding hydrogens is 356 g/mol. The molecule has 0 unspecified atom stereocenters. The first-order valence-electron chi connectivity index (χ1n) is 8.04. The molecule has 0 spiro atoms. The van der Waals surface area contributed by atoms with Gasteiger partial charge in [-0.25, -0.2) is 13.6 Å². The third-order valence-corrected chi connectivity index (χ3v) is 5.45. The summed E-state index contributed by atoms with van der Waals surface area (Å²) in [6.07, 6.45) is -0.0195. The first kappa shape index (κ1) is 18.2. The molecule has 0 bridgehead atoms. The van der Waals surface area contributed by atoms with Crippen LogP contribution in [0.4, 0.5) is 5.69 Å². The third-order valence-electron chi connectivity index (χ3n) is 4.52. The maximum atomic E-state index is 12.7. The molecular formula is C18H20N2O5S. The van der Waals surface area contributed by atoms with E-state index in [1.807, 2.05) is 19.9 Å². The Labute approximate surface area is 152 Å². The third kappa shape index (κ3) is 3.25. The molecule has 7 nitrogen and oxygen atoms in total. The topological polar surface area (TPSA) is 108 Å². The number of hydrogen-bond donors (Lipinski definition) is 2. The summed E-state index contributed by atoms with van der Waals surface area (Å²) in [4.78, 5) is 12.5. The normalized spacial score (nSPS) is 18.8. The van der Waals surface area contributed by atoms with Gasteiger partial charge in [-0.15, -0.1) is 0 Å². The van der Waals surface area contributed by atoms with Crippen LogP contribution in [-0.2, 0) is 10.0 Å². The van der Waals surface area contributed by atoms with Crippen LogP contribution >= 0.6 is 0 Å². The molecule has 0 radical (unpaired) electrons. The Morgan fingerprint density at radius 1 is 1.23 bits per heavy atom. The lowest BCUT2D eigenvalue weighted by Crippen LogP contribution is -2.16. The van der Waals surface area contributed by atoms with Crippen LogP contribution in [0, 0.1) is 0 Å². The number of carbonyl (C=O) groups is 1. The van der Waals surface area contributed by atoms with Crippen molar-refractivity contribution in [1.82, 2.24) is 0 Å². The van der Waals surface area contributed by atoms with E-state index < -0.39 is 15.9 Å². The van der Waals surface area contributed by atoms with Crippen molar-refractivity contribution in [3.05, 3.63) is 47.5 Å². The molecule has 138 valence electrons. The van der Waals surface area contributed by atoms with E-state index in [4.69, 9.17) is 14.6 Å². The lowest BCUT2D eigenvalue weighted by Gasteiger charge is -2.12. The fraction of sp³-hybridized carbons (Fsp3) is 0.278. The number of primary sulfonamides is 1. The zero-order chi connectivity index (χ0) is 19.1. The highest BCUT2D eigenvalue weighted by Crippen LogP contribution is 2.40. The van der Waals surface area contributed by atoms with Crippen molar-refractivity contribution >= 4 is 21.6 Å². The summed E-state index contributed by atoms with van der Waals surface area (Å²) < 4.78 is 34.3.